The molecule has 0 atom stereocenters. The third-order valence-electron chi connectivity index (χ3n) is 2.51. The van der Waals surface area contributed by atoms with Crippen molar-refractivity contribution >= 4 is 27.6 Å². The second kappa shape index (κ2) is 2.79. The van der Waals surface area contributed by atoms with Gasteiger partial charge in [0.15, 0.2) is 11.2 Å². The van der Waals surface area contributed by atoms with Crippen molar-refractivity contribution in [1.29, 1.82) is 0 Å². The zero-order valence-corrected chi connectivity index (χ0v) is 8.06. The Kier molecular flexibility index (Phi) is 1.54. The van der Waals surface area contributed by atoms with Crippen LogP contribution in [0.3, 0.4) is 0 Å². The van der Waals surface area contributed by atoms with Gasteiger partial charge in [0.05, 0.1) is 12.0 Å². The van der Waals surface area contributed by atoms with Crippen molar-refractivity contribution in [2.75, 3.05) is 5.73 Å². The monoisotopic (exact) mass is 217 g/mol. The summed E-state index contributed by atoms with van der Waals surface area (Å²) in [5.41, 5.74) is 6.02. The van der Waals surface area contributed by atoms with E-state index in [1.54, 1.807) is 6.07 Å². The number of anilines is 1. The lowest BCUT2D eigenvalue weighted by Gasteiger charge is -2.03. The number of phenols is 1. The van der Waals surface area contributed by atoms with E-state index in [1.807, 2.05) is 0 Å². The molecule has 3 N–H and O–H groups in total. The van der Waals surface area contributed by atoms with Gasteiger partial charge in [0.25, 0.3) is 0 Å². The van der Waals surface area contributed by atoms with Gasteiger partial charge < -0.3 is 19.7 Å². The van der Waals surface area contributed by atoms with Crippen molar-refractivity contribution in [3.05, 3.63) is 34.9 Å². The van der Waals surface area contributed by atoms with Crippen molar-refractivity contribution in [2.24, 2.45) is 0 Å². The summed E-state index contributed by atoms with van der Waals surface area (Å²) in [5.74, 6) is -0.207. The summed E-state index contributed by atoms with van der Waals surface area (Å²) in [6, 6.07) is 4.42. The standard InChI is InChI=1S/C11H7NO4/c12-8-5-1-2-7(13)16-11(5)9(14)10-6(8)3-4-15-10/h1-4,14H,12H2. The van der Waals surface area contributed by atoms with Crippen LogP contribution < -0.4 is 11.4 Å². The molecule has 0 amide bonds. The summed E-state index contributed by atoms with van der Waals surface area (Å²) in [4.78, 5) is 11.1. The highest BCUT2D eigenvalue weighted by Crippen LogP contribution is 2.38. The van der Waals surface area contributed by atoms with Gasteiger partial charge >= 0.3 is 5.63 Å². The molecule has 2 aromatic heterocycles. The van der Waals surface area contributed by atoms with Crippen LogP contribution in [-0.4, -0.2) is 5.11 Å². The van der Waals surface area contributed by atoms with E-state index in [9.17, 15) is 9.90 Å². The van der Waals surface area contributed by atoms with Gasteiger partial charge in [-0.2, -0.15) is 0 Å². The average molecular weight is 217 g/mol. The molecular weight excluding hydrogens is 210 g/mol. The Balaban J connectivity index is 2.70. The highest BCUT2D eigenvalue weighted by molar-refractivity contribution is 6.10. The molecule has 16 heavy (non-hydrogen) atoms. The fraction of sp³-hybridized carbons (Fsp3) is 0. The molecule has 5 heteroatoms. The van der Waals surface area contributed by atoms with E-state index in [4.69, 9.17) is 14.6 Å². The minimum Gasteiger partial charge on any atom is -0.502 e. The van der Waals surface area contributed by atoms with Crippen LogP contribution in [0.2, 0.25) is 0 Å². The maximum absolute atomic E-state index is 11.1. The number of benzene rings is 1. The van der Waals surface area contributed by atoms with Gasteiger partial charge in [-0.15, -0.1) is 0 Å². The van der Waals surface area contributed by atoms with Crippen molar-refractivity contribution < 1.29 is 13.9 Å². The molecule has 0 bridgehead atoms. The lowest BCUT2D eigenvalue weighted by molar-refractivity contribution is 0.449. The lowest BCUT2D eigenvalue weighted by atomic mass is 10.1. The molecule has 0 fully saturated rings. The minimum absolute atomic E-state index is 0.0486. The van der Waals surface area contributed by atoms with E-state index in [-0.39, 0.29) is 16.9 Å². The van der Waals surface area contributed by atoms with Gasteiger partial charge in [-0.25, -0.2) is 4.79 Å². The largest absolute Gasteiger partial charge is 0.502 e. The summed E-state index contributed by atoms with van der Waals surface area (Å²) in [5, 5.41) is 11.0. The molecule has 0 spiro atoms. The number of hydrogen-bond acceptors (Lipinski definition) is 5. The predicted molar refractivity (Wildman–Crippen MR) is 58.3 cm³/mol. The van der Waals surface area contributed by atoms with Gasteiger partial charge in [0.2, 0.25) is 5.75 Å². The second-order valence-corrected chi connectivity index (χ2v) is 3.42. The zero-order chi connectivity index (χ0) is 11.3. The Bertz CT molecular complexity index is 754. The van der Waals surface area contributed by atoms with Gasteiger partial charge in [-0.1, -0.05) is 0 Å². The molecule has 0 saturated heterocycles. The smallest absolute Gasteiger partial charge is 0.336 e. The van der Waals surface area contributed by atoms with Crippen molar-refractivity contribution in [3.63, 3.8) is 0 Å². The SMILES string of the molecule is Nc1c2ccoc2c(O)c2oc(=O)ccc12. The fourth-order valence-corrected chi connectivity index (χ4v) is 1.76. The number of nitrogen functional groups attached to an aromatic ring is 1. The van der Waals surface area contributed by atoms with Crippen LogP contribution in [0, 0.1) is 0 Å². The Morgan fingerprint density at radius 2 is 1.88 bits per heavy atom. The summed E-state index contributed by atoms with van der Waals surface area (Å²) >= 11 is 0. The van der Waals surface area contributed by atoms with Crippen LogP contribution in [-0.2, 0) is 0 Å². The first kappa shape index (κ1) is 8.84. The molecule has 0 aliphatic rings. The second-order valence-electron chi connectivity index (χ2n) is 3.42. The van der Waals surface area contributed by atoms with Crippen LogP contribution in [0.5, 0.6) is 5.75 Å². The van der Waals surface area contributed by atoms with Gasteiger partial charge in [0, 0.05) is 16.8 Å². The summed E-state index contributed by atoms with van der Waals surface area (Å²) in [6.45, 7) is 0. The molecule has 1 aromatic carbocycles. The molecule has 0 saturated carbocycles. The van der Waals surface area contributed by atoms with Crippen molar-refractivity contribution in [3.8, 4) is 5.75 Å². The number of furan rings is 1. The third-order valence-corrected chi connectivity index (χ3v) is 2.51. The van der Waals surface area contributed by atoms with E-state index in [0.29, 0.717) is 16.5 Å². The first-order valence-corrected chi connectivity index (χ1v) is 4.60. The first-order valence-electron chi connectivity index (χ1n) is 4.60. The van der Waals surface area contributed by atoms with Crippen LogP contribution in [0.4, 0.5) is 5.69 Å². The number of fused-ring (bicyclic) bond motifs is 2. The molecule has 2 heterocycles. The molecule has 3 rings (SSSR count). The van der Waals surface area contributed by atoms with E-state index in [1.165, 1.54) is 18.4 Å². The van der Waals surface area contributed by atoms with E-state index in [0.717, 1.165) is 0 Å². The first-order chi connectivity index (χ1) is 7.68. The van der Waals surface area contributed by atoms with Crippen molar-refractivity contribution in [1.82, 2.24) is 0 Å². The average Bonchev–Trinajstić information content (AvgIpc) is 2.75. The summed E-state index contributed by atoms with van der Waals surface area (Å²) in [7, 11) is 0. The maximum atomic E-state index is 11.1. The Hall–Kier alpha value is -2.43. The summed E-state index contributed by atoms with van der Waals surface area (Å²) < 4.78 is 9.99. The Morgan fingerprint density at radius 1 is 1.12 bits per heavy atom. The normalized spacial score (nSPS) is 11.2. The third kappa shape index (κ3) is 0.967. The van der Waals surface area contributed by atoms with Gasteiger partial charge in [0.1, 0.15) is 0 Å². The molecule has 0 radical (unpaired) electrons. The molecule has 3 aromatic rings. The molecule has 5 nitrogen and oxygen atoms in total. The number of nitrogens with two attached hydrogens (primary N) is 1. The molecule has 0 aliphatic heterocycles. The van der Waals surface area contributed by atoms with Crippen LogP contribution in [0.25, 0.3) is 21.9 Å². The number of aromatic hydroxyl groups is 1. The maximum Gasteiger partial charge on any atom is 0.336 e. The molecular formula is C11H7NO4. The number of hydrogen-bond donors (Lipinski definition) is 2. The van der Waals surface area contributed by atoms with E-state index < -0.39 is 5.63 Å². The van der Waals surface area contributed by atoms with E-state index >= 15 is 0 Å². The Labute approximate surface area is 88.7 Å². The van der Waals surface area contributed by atoms with Gasteiger partial charge in [-0.3, -0.25) is 0 Å². The highest BCUT2D eigenvalue weighted by atomic mass is 16.4. The van der Waals surface area contributed by atoms with Crippen LogP contribution in [0.1, 0.15) is 0 Å². The van der Waals surface area contributed by atoms with Crippen molar-refractivity contribution in [2.45, 2.75) is 0 Å². The number of phenolic OH excluding ortho intramolecular Hbond substituents is 1. The highest BCUT2D eigenvalue weighted by Gasteiger charge is 2.15. The number of rotatable bonds is 0. The summed E-state index contributed by atoms with van der Waals surface area (Å²) in [6.07, 6.45) is 1.41. The quantitative estimate of drug-likeness (QED) is 0.340. The topological polar surface area (TPSA) is 89.6 Å². The van der Waals surface area contributed by atoms with Crippen LogP contribution in [0.15, 0.2) is 38.1 Å². The Morgan fingerprint density at radius 3 is 2.69 bits per heavy atom. The molecule has 0 aliphatic carbocycles. The fourth-order valence-electron chi connectivity index (χ4n) is 1.76. The minimum atomic E-state index is -0.548. The van der Waals surface area contributed by atoms with E-state index in [2.05, 4.69) is 0 Å². The van der Waals surface area contributed by atoms with Crippen LogP contribution >= 0.6 is 0 Å². The predicted octanol–water partition coefficient (Wildman–Crippen LogP) is 1.83. The molecule has 80 valence electrons. The van der Waals surface area contributed by atoms with Gasteiger partial charge in [-0.05, 0) is 12.1 Å². The lowest BCUT2D eigenvalue weighted by Crippen LogP contribution is -1.97. The zero-order valence-electron chi connectivity index (χ0n) is 8.06. The molecule has 0 unspecified atom stereocenters.